The van der Waals surface area contributed by atoms with E-state index in [4.69, 9.17) is 9.47 Å². The van der Waals surface area contributed by atoms with Gasteiger partial charge in [-0.25, -0.2) is 14.8 Å². The maximum absolute atomic E-state index is 13.1. The summed E-state index contributed by atoms with van der Waals surface area (Å²) in [6.45, 7) is 6.77. The summed E-state index contributed by atoms with van der Waals surface area (Å²) < 4.78 is 12.6. The van der Waals surface area contributed by atoms with Crippen molar-refractivity contribution in [2.75, 3.05) is 33.1 Å². The first-order valence-electron chi connectivity index (χ1n) is 12.6. The Balaban J connectivity index is 1.62. The van der Waals surface area contributed by atoms with E-state index in [1.54, 1.807) is 62.8 Å². The van der Waals surface area contributed by atoms with E-state index in [2.05, 4.69) is 26.8 Å². The van der Waals surface area contributed by atoms with Crippen LogP contribution >= 0.6 is 0 Å². The Kier molecular flexibility index (Phi) is 8.80. The molecule has 40 heavy (non-hydrogen) atoms. The van der Waals surface area contributed by atoms with E-state index < -0.39 is 6.09 Å². The second-order valence-electron chi connectivity index (χ2n) is 9.08. The van der Waals surface area contributed by atoms with Crippen molar-refractivity contribution >= 4 is 34.3 Å². The van der Waals surface area contributed by atoms with Crippen LogP contribution in [-0.2, 0) is 16.0 Å². The van der Waals surface area contributed by atoms with Crippen molar-refractivity contribution in [1.82, 2.24) is 24.4 Å². The molecule has 4 rings (SSSR count). The molecule has 0 spiro atoms. The molecule has 0 aliphatic carbocycles. The molecular formula is C30H32N6O4. The normalized spacial score (nSPS) is 11.6. The molecule has 3 aromatic heterocycles. The van der Waals surface area contributed by atoms with E-state index >= 15 is 0 Å². The van der Waals surface area contributed by atoms with Crippen molar-refractivity contribution in [2.24, 2.45) is 0 Å². The molecule has 2 amide bonds. The van der Waals surface area contributed by atoms with Crippen molar-refractivity contribution < 1.29 is 19.1 Å². The zero-order chi connectivity index (χ0) is 28.6. The number of rotatable bonds is 10. The number of amides is 2. The third-order valence-electron chi connectivity index (χ3n) is 6.18. The number of H-pyrrole nitrogens is 1. The van der Waals surface area contributed by atoms with E-state index in [-0.39, 0.29) is 12.5 Å². The quantitative estimate of drug-likeness (QED) is 0.203. The molecule has 0 fully saturated rings. The summed E-state index contributed by atoms with van der Waals surface area (Å²) in [6, 6.07) is 7.23. The number of fused-ring (bicyclic) bond motifs is 1. The fourth-order valence-corrected chi connectivity index (χ4v) is 4.08. The molecule has 0 aliphatic rings. The first-order valence-corrected chi connectivity index (χ1v) is 12.6. The van der Waals surface area contributed by atoms with Crippen LogP contribution in [0.2, 0.25) is 0 Å². The van der Waals surface area contributed by atoms with Crippen molar-refractivity contribution in [2.45, 2.75) is 13.5 Å². The van der Waals surface area contributed by atoms with Crippen molar-refractivity contribution in [3.05, 3.63) is 97.1 Å². The van der Waals surface area contributed by atoms with Crippen LogP contribution in [0.3, 0.4) is 0 Å². The Morgan fingerprint density at radius 2 is 2.02 bits per heavy atom. The Labute approximate surface area is 232 Å². The summed E-state index contributed by atoms with van der Waals surface area (Å²) in [6.07, 6.45) is 13.6. The van der Waals surface area contributed by atoms with E-state index in [0.717, 1.165) is 22.1 Å². The third-order valence-corrected chi connectivity index (χ3v) is 6.18. The zero-order valence-corrected chi connectivity index (χ0v) is 23.0. The number of allylic oxidation sites excluding steroid dienone is 4. The molecule has 0 atom stereocenters. The summed E-state index contributed by atoms with van der Waals surface area (Å²) in [7, 11) is 4.91. The van der Waals surface area contributed by atoms with Crippen LogP contribution in [0.4, 0.5) is 10.5 Å². The lowest BCUT2D eigenvalue weighted by molar-refractivity contribution is 0.0828. The number of carbonyl (C=O) groups is 2. The van der Waals surface area contributed by atoms with Gasteiger partial charge in [0, 0.05) is 61.0 Å². The van der Waals surface area contributed by atoms with Crippen molar-refractivity contribution in [1.29, 1.82) is 0 Å². The van der Waals surface area contributed by atoms with Crippen molar-refractivity contribution in [3.63, 3.8) is 0 Å². The number of nitrogens with zero attached hydrogens (tertiary/aromatic N) is 4. The van der Waals surface area contributed by atoms with Crippen LogP contribution < -0.4 is 5.32 Å². The number of anilines is 1. The number of imidazole rings is 1. The van der Waals surface area contributed by atoms with E-state index in [1.165, 1.54) is 4.90 Å². The van der Waals surface area contributed by atoms with Crippen LogP contribution in [0.15, 0.2) is 85.9 Å². The average molecular weight is 541 g/mol. The second kappa shape index (κ2) is 12.6. The summed E-state index contributed by atoms with van der Waals surface area (Å²) in [5.74, 6) is 0.370. The molecule has 0 bridgehead atoms. The fraction of sp³-hybridized carbons (Fsp3) is 0.200. The molecular weight excluding hydrogens is 508 g/mol. The van der Waals surface area contributed by atoms with Gasteiger partial charge >= 0.3 is 6.09 Å². The SMILES string of the molecule is C=C(/C(=C\C=C/C)OC)c1c[nH]c2ncc(-c3ccc(NC(=O)OCCn4ccnc4)c(C(=O)N(C)C)c3)cc12. The van der Waals surface area contributed by atoms with Gasteiger partial charge in [-0.2, -0.15) is 0 Å². The fourth-order valence-electron chi connectivity index (χ4n) is 4.08. The van der Waals surface area contributed by atoms with Gasteiger partial charge in [-0.15, -0.1) is 0 Å². The molecule has 1 aromatic carbocycles. The molecule has 10 nitrogen and oxygen atoms in total. The van der Waals surface area contributed by atoms with Crippen LogP contribution in [0.1, 0.15) is 22.8 Å². The first kappa shape index (κ1) is 27.9. The monoisotopic (exact) mass is 540 g/mol. The number of benzene rings is 1. The molecule has 0 radical (unpaired) electrons. The minimum Gasteiger partial charge on any atom is -0.496 e. The highest BCUT2D eigenvalue weighted by Crippen LogP contribution is 2.32. The molecule has 2 N–H and O–H groups in total. The molecule has 206 valence electrons. The Morgan fingerprint density at radius 3 is 2.73 bits per heavy atom. The van der Waals surface area contributed by atoms with Crippen LogP contribution in [-0.4, -0.2) is 64.2 Å². The third kappa shape index (κ3) is 6.29. The molecule has 0 saturated heterocycles. The molecule has 0 saturated carbocycles. The van der Waals surface area contributed by atoms with Gasteiger partial charge in [0.15, 0.2) is 0 Å². The molecule has 4 aromatic rings. The van der Waals surface area contributed by atoms with Crippen LogP contribution in [0.5, 0.6) is 0 Å². The van der Waals surface area contributed by atoms with E-state index in [1.807, 2.05) is 43.5 Å². The van der Waals surface area contributed by atoms with Gasteiger partial charge in [-0.05, 0) is 36.8 Å². The summed E-state index contributed by atoms with van der Waals surface area (Å²) in [4.78, 5) is 38.7. The number of aromatic nitrogens is 4. The van der Waals surface area contributed by atoms with Gasteiger partial charge in [-0.3, -0.25) is 10.1 Å². The van der Waals surface area contributed by atoms with Gasteiger partial charge in [0.05, 0.1) is 31.2 Å². The Hall–Kier alpha value is -5.12. The van der Waals surface area contributed by atoms with Gasteiger partial charge in [0.25, 0.3) is 5.91 Å². The minimum absolute atomic E-state index is 0.155. The predicted molar refractivity (Wildman–Crippen MR) is 156 cm³/mol. The Bertz CT molecular complexity index is 1580. The standard InChI is InChI=1S/C30H32N6O4/c1-6-7-8-27(39-5)20(2)25-18-33-28-23(25)16-22(17-32-28)21-9-10-26(24(15-21)29(37)35(3)4)34-30(38)40-14-13-36-12-11-31-19-36/h6-12,15-19H,2,13-14H2,1,3-5H3,(H,32,33)(H,34,38)/b7-6-,27-8+. The number of hydrogen-bond acceptors (Lipinski definition) is 6. The van der Waals surface area contributed by atoms with Gasteiger partial charge in [-0.1, -0.05) is 24.8 Å². The lowest BCUT2D eigenvalue weighted by atomic mass is 9.99. The first-order chi connectivity index (χ1) is 19.3. The number of aromatic amines is 1. The zero-order valence-electron chi connectivity index (χ0n) is 23.0. The highest BCUT2D eigenvalue weighted by molar-refractivity contribution is 6.04. The summed E-state index contributed by atoms with van der Waals surface area (Å²) in [5, 5.41) is 3.56. The molecule has 3 heterocycles. The summed E-state index contributed by atoms with van der Waals surface area (Å²) >= 11 is 0. The highest BCUT2D eigenvalue weighted by atomic mass is 16.5. The average Bonchev–Trinajstić information content (AvgIpc) is 3.63. The van der Waals surface area contributed by atoms with Crippen molar-refractivity contribution in [3.8, 4) is 11.1 Å². The van der Waals surface area contributed by atoms with E-state index in [0.29, 0.717) is 34.8 Å². The maximum atomic E-state index is 13.1. The van der Waals surface area contributed by atoms with Crippen LogP contribution in [0.25, 0.3) is 27.7 Å². The minimum atomic E-state index is -0.654. The van der Waals surface area contributed by atoms with Gasteiger partial charge in [0.2, 0.25) is 0 Å². The molecule has 10 heteroatoms. The highest BCUT2D eigenvalue weighted by Gasteiger charge is 2.18. The topological polar surface area (TPSA) is 114 Å². The number of carbonyl (C=O) groups excluding carboxylic acids is 2. The number of hydrogen-bond donors (Lipinski definition) is 2. The smallest absolute Gasteiger partial charge is 0.411 e. The molecule has 0 aliphatic heterocycles. The summed E-state index contributed by atoms with van der Waals surface area (Å²) in [5.41, 5.74) is 4.47. The molecule has 0 unspecified atom stereocenters. The lowest BCUT2D eigenvalue weighted by Gasteiger charge is -2.16. The van der Waals surface area contributed by atoms with Gasteiger partial charge in [0.1, 0.15) is 18.0 Å². The van der Waals surface area contributed by atoms with E-state index in [9.17, 15) is 9.59 Å². The van der Waals surface area contributed by atoms with Crippen LogP contribution in [0, 0.1) is 0 Å². The number of nitrogens with one attached hydrogen (secondary N) is 2. The number of ether oxygens (including phenoxy) is 2. The second-order valence-corrected chi connectivity index (χ2v) is 9.08. The predicted octanol–water partition coefficient (Wildman–Crippen LogP) is 5.50. The Morgan fingerprint density at radius 1 is 1.20 bits per heavy atom. The number of methoxy groups -OCH3 is 1. The largest absolute Gasteiger partial charge is 0.496 e. The van der Waals surface area contributed by atoms with Gasteiger partial charge < -0.3 is 23.9 Å². The maximum Gasteiger partial charge on any atom is 0.411 e. The number of pyridine rings is 1. The lowest BCUT2D eigenvalue weighted by Crippen LogP contribution is -2.24.